The summed E-state index contributed by atoms with van der Waals surface area (Å²) in [6.07, 6.45) is 6.24. The minimum absolute atomic E-state index is 0.264. The molecule has 1 aromatic carbocycles. The molecule has 0 atom stereocenters. The molecule has 0 radical (unpaired) electrons. The minimum atomic E-state index is 0.264. The van der Waals surface area contributed by atoms with E-state index in [1.165, 1.54) is 43.2 Å². The summed E-state index contributed by atoms with van der Waals surface area (Å²) in [6, 6.07) is 9.11. The largest absolute Gasteiger partial charge is 0.330 e. The summed E-state index contributed by atoms with van der Waals surface area (Å²) in [5.74, 6) is 0. The first kappa shape index (κ1) is 14.2. The van der Waals surface area contributed by atoms with Crippen molar-refractivity contribution in [2.75, 3.05) is 6.54 Å². The van der Waals surface area contributed by atoms with Gasteiger partial charge < -0.3 is 5.73 Å². The number of hydrogen-bond acceptors (Lipinski definition) is 1. The highest BCUT2D eigenvalue weighted by molar-refractivity contribution is 5.27. The molecular formula is C16H27N. The zero-order valence-corrected chi connectivity index (χ0v) is 11.6. The van der Waals surface area contributed by atoms with Crippen molar-refractivity contribution in [3.8, 4) is 0 Å². The average Bonchev–Trinajstić information content (AvgIpc) is 2.28. The monoisotopic (exact) mass is 233 g/mol. The number of unbranched alkanes of at least 4 members (excludes halogenated alkanes) is 3. The molecule has 96 valence electrons. The Labute approximate surface area is 106 Å². The van der Waals surface area contributed by atoms with Crippen LogP contribution in [0.4, 0.5) is 0 Å². The highest BCUT2D eigenvalue weighted by atomic mass is 14.5. The molecule has 0 aliphatic carbocycles. The lowest BCUT2D eigenvalue weighted by Gasteiger charge is -2.19. The van der Waals surface area contributed by atoms with Crippen molar-refractivity contribution in [3.63, 3.8) is 0 Å². The topological polar surface area (TPSA) is 26.0 Å². The molecule has 0 aliphatic rings. The van der Waals surface area contributed by atoms with Gasteiger partial charge in [0.15, 0.2) is 0 Å². The fourth-order valence-electron chi connectivity index (χ4n) is 2.00. The predicted molar refractivity (Wildman–Crippen MR) is 76.4 cm³/mol. The van der Waals surface area contributed by atoms with E-state index >= 15 is 0 Å². The molecule has 0 spiro atoms. The smallest absolute Gasteiger partial charge is 0.00773 e. The summed E-state index contributed by atoms with van der Waals surface area (Å²) in [5.41, 5.74) is 8.63. The molecule has 2 N–H and O–H groups in total. The Kier molecular flexibility index (Phi) is 5.70. The summed E-state index contributed by atoms with van der Waals surface area (Å²) < 4.78 is 0. The van der Waals surface area contributed by atoms with Crippen LogP contribution in [0.5, 0.6) is 0 Å². The molecule has 0 saturated carbocycles. The number of nitrogens with two attached hydrogens (primary N) is 1. The molecule has 1 heteroatoms. The van der Waals surface area contributed by atoms with Crippen molar-refractivity contribution in [2.24, 2.45) is 5.73 Å². The zero-order valence-electron chi connectivity index (χ0n) is 11.6. The maximum absolute atomic E-state index is 5.48. The third-order valence-electron chi connectivity index (χ3n) is 3.24. The Morgan fingerprint density at radius 1 is 0.882 bits per heavy atom. The van der Waals surface area contributed by atoms with Crippen LogP contribution in [0.25, 0.3) is 0 Å². The molecule has 17 heavy (non-hydrogen) atoms. The lowest BCUT2D eigenvalue weighted by Crippen LogP contribution is -2.10. The summed E-state index contributed by atoms with van der Waals surface area (Å²) in [6.45, 7) is 7.61. The molecule has 1 aromatic rings. The van der Waals surface area contributed by atoms with Gasteiger partial charge in [0.05, 0.1) is 0 Å². The number of aryl methyl sites for hydroxylation is 1. The molecule has 1 rings (SSSR count). The van der Waals surface area contributed by atoms with Crippen LogP contribution in [0.3, 0.4) is 0 Å². The number of hydrogen-bond donors (Lipinski definition) is 1. The normalized spacial score (nSPS) is 11.8. The lowest BCUT2D eigenvalue weighted by atomic mass is 9.86. The van der Waals surface area contributed by atoms with Crippen LogP contribution >= 0.6 is 0 Å². The van der Waals surface area contributed by atoms with Crippen molar-refractivity contribution in [1.82, 2.24) is 0 Å². The van der Waals surface area contributed by atoms with Crippen molar-refractivity contribution < 1.29 is 0 Å². The van der Waals surface area contributed by atoms with Crippen LogP contribution in [0, 0.1) is 0 Å². The van der Waals surface area contributed by atoms with Crippen molar-refractivity contribution in [3.05, 3.63) is 35.4 Å². The van der Waals surface area contributed by atoms with Crippen LogP contribution in [-0.2, 0) is 11.8 Å². The molecule has 0 fully saturated rings. The Bertz CT molecular complexity index is 305. The first-order valence-electron chi connectivity index (χ1n) is 6.83. The molecule has 0 amide bonds. The van der Waals surface area contributed by atoms with Gasteiger partial charge in [-0.25, -0.2) is 0 Å². The SMILES string of the molecule is CC(C)(C)c1ccc(CCCCCCN)cc1. The standard InChI is InChI=1S/C16H27N/c1-16(2,3)15-11-9-14(10-12-15)8-6-4-5-7-13-17/h9-12H,4-8,13,17H2,1-3H3. The van der Waals surface area contributed by atoms with E-state index in [2.05, 4.69) is 45.0 Å². The molecular weight excluding hydrogens is 206 g/mol. The van der Waals surface area contributed by atoms with Gasteiger partial charge in [0.2, 0.25) is 0 Å². The fraction of sp³-hybridized carbons (Fsp3) is 0.625. The molecule has 0 aliphatic heterocycles. The van der Waals surface area contributed by atoms with Crippen LogP contribution in [0.15, 0.2) is 24.3 Å². The molecule has 0 bridgehead atoms. The van der Waals surface area contributed by atoms with Gasteiger partial charge in [0.1, 0.15) is 0 Å². The van der Waals surface area contributed by atoms with Gasteiger partial charge in [-0.05, 0) is 42.3 Å². The van der Waals surface area contributed by atoms with Crippen LogP contribution in [0.2, 0.25) is 0 Å². The van der Waals surface area contributed by atoms with E-state index in [9.17, 15) is 0 Å². The van der Waals surface area contributed by atoms with E-state index in [0.29, 0.717) is 0 Å². The maximum Gasteiger partial charge on any atom is -0.00773 e. The lowest BCUT2D eigenvalue weighted by molar-refractivity contribution is 0.589. The summed E-state index contributed by atoms with van der Waals surface area (Å²) in [7, 11) is 0. The van der Waals surface area contributed by atoms with Crippen molar-refractivity contribution >= 4 is 0 Å². The first-order valence-corrected chi connectivity index (χ1v) is 6.83. The first-order chi connectivity index (χ1) is 8.04. The van der Waals surface area contributed by atoms with Gasteiger partial charge in [0, 0.05) is 0 Å². The second-order valence-corrected chi connectivity index (χ2v) is 5.90. The van der Waals surface area contributed by atoms with Crippen LogP contribution in [-0.4, -0.2) is 6.54 Å². The minimum Gasteiger partial charge on any atom is -0.330 e. The van der Waals surface area contributed by atoms with Crippen LogP contribution < -0.4 is 5.73 Å². The Hall–Kier alpha value is -0.820. The second kappa shape index (κ2) is 6.80. The fourth-order valence-corrected chi connectivity index (χ4v) is 2.00. The molecule has 1 nitrogen and oxygen atoms in total. The Balaban J connectivity index is 2.36. The molecule has 0 aromatic heterocycles. The van der Waals surface area contributed by atoms with Gasteiger partial charge in [-0.1, -0.05) is 57.9 Å². The van der Waals surface area contributed by atoms with E-state index in [1.54, 1.807) is 0 Å². The average molecular weight is 233 g/mol. The highest BCUT2D eigenvalue weighted by Crippen LogP contribution is 2.22. The molecule has 0 heterocycles. The third kappa shape index (κ3) is 5.36. The second-order valence-electron chi connectivity index (χ2n) is 5.90. The van der Waals surface area contributed by atoms with E-state index in [4.69, 9.17) is 5.73 Å². The zero-order chi connectivity index (χ0) is 12.7. The van der Waals surface area contributed by atoms with E-state index < -0.39 is 0 Å². The van der Waals surface area contributed by atoms with Gasteiger partial charge in [-0.15, -0.1) is 0 Å². The van der Waals surface area contributed by atoms with Gasteiger partial charge >= 0.3 is 0 Å². The van der Waals surface area contributed by atoms with Gasteiger partial charge in [-0.3, -0.25) is 0 Å². The molecule has 0 unspecified atom stereocenters. The third-order valence-corrected chi connectivity index (χ3v) is 3.24. The van der Waals surface area contributed by atoms with Gasteiger partial charge in [0.25, 0.3) is 0 Å². The highest BCUT2D eigenvalue weighted by Gasteiger charge is 2.12. The van der Waals surface area contributed by atoms with Crippen LogP contribution in [0.1, 0.15) is 57.6 Å². The summed E-state index contributed by atoms with van der Waals surface area (Å²) in [5, 5.41) is 0. The molecule has 0 saturated heterocycles. The van der Waals surface area contributed by atoms with E-state index in [0.717, 1.165) is 6.54 Å². The quantitative estimate of drug-likeness (QED) is 0.737. The number of benzene rings is 1. The summed E-state index contributed by atoms with van der Waals surface area (Å²) >= 11 is 0. The van der Waals surface area contributed by atoms with Crippen molar-refractivity contribution in [2.45, 2.75) is 58.3 Å². The van der Waals surface area contributed by atoms with E-state index in [1.807, 2.05) is 0 Å². The number of rotatable bonds is 6. The maximum atomic E-state index is 5.48. The Morgan fingerprint density at radius 3 is 2.00 bits per heavy atom. The Morgan fingerprint density at radius 2 is 1.47 bits per heavy atom. The van der Waals surface area contributed by atoms with E-state index in [-0.39, 0.29) is 5.41 Å². The predicted octanol–water partition coefficient (Wildman–Crippen LogP) is 4.05. The summed E-state index contributed by atoms with van der Waals surface area (Å²) in [4.78, 5) is 0. The van der Waals surface area contributed by atoms with Crippen molar-refractivity contribution in [1.29, 1.82) is 0 Å². The van der Waals surface area contributed by atoms with Gasteiger partial charge in [-0.2, -0.15) is 0 Å².